The highest BCUT2D eigenvalue weighted by Gasteiger charge is 2.13. The van der Waals surface area contributed by atoms with E-state index >= 15 is 0 Å². The fourth-order valence-electron chi connectivity index (χ4n) is 1.72. The first kappa shape index (κ1) is 12.0. The Morgan fingerprint density at radius 1 is 1.38 bits per heavy atom. The smallest absolute Gasteiger partial charge is 0.0933 e. The van der Waals surface area contributed by atoms with Crippen molar-refractivity contribution in [1.29, 1.82) is 0 Å². The van der Waals surface area contributed by atoms with Gasteiger partial charge in [0.15, 0.2) is 0 Å². The number of thiophene rings is 1. The predicted molar refractivity (Wildman–Crippen MR) is 66.0 cm³/mol. The van der Waals surface area contributed by atoms with Gasteiger partial charge in [-0.1, -0.05) is 6.92 Å². The Morgan fingerprint density at radius 2 is 2.25 bits per heavy atom. The van der Waals surface area contributed by atoms with Crippen LogP contribution in [0.2, 0.25) is 0 Å². The summed E-state index contributed by atoms with van der Waals surface area (Å²) < 4.78 is 10.9. The molecule has 2 heterocycles. The zero-order valence-electron chi connectivity index (χ0n) is 9.70. The van der Waals surface area contributed by atoms with Crippen molar-refractivity contribution in [3.8, 4) is 0 Å². The second-order valence-corrected chi connectivity index (χ2v) is 5.17. The third kappa shape index (κ3) is 3.56. The standard InChI is InChI=1S/C12H19NO2S/c1-2-11-3-4-12(16-11)8-13-7-10-9-14-5-6-15-10/h3-4,10,13H,2,5-9H2,1H3. The lowest BCUT2D eigenvalue weighted by atomic mass is 10.3. The van der Waals surface area contributed by atoms with Gasteiger partial charge in [0.1, 0.15) is 0 Å². The molecule has 90 valence electrons. The normalized spacial score (nSPS) is 21.2. The largest absolute Gasteiger partial charge is 0.376 e. The van der Waals surface area contributed by atoms with E-state index in [1.165, 1.54) is 9.75 Å². The number of hydrogen-bond acceptors (Lipinski definition) is 4. The van der Waals surface area contributed by atoms with Gasteiger partial charge in [-0.15, -0.1) is 11.3 Å². The molecule has 3 nitrogen and oxygen atoms in total. The van der Waals surface area contributed by atoms with E-state index in [4.69, 9.17) is 9.47 Å². The molecule has 4 heteroatoms. The van der Waals surface area contributed by atoms with E-state index in [2.05, 4.69) is 24.4 Å². The van der Waals surface area contributed by atoms with Crippen molar-refractivity contribution in [3.05, 3.63) is 21.9 Å². The summed E-state index contributed by atoms with van der Waals surface area (Å²) in [6.45, 7) is 6.18. The topological polar surface area (TPSA) is 30.5 Å². The van der Waals surface area contributed by atoms with Crippen LogP contribution in [0.4, 0.5) is 0 Å². The van der Waals surface area contributed by atoms with Crippen molar-refractivity contribution in [3.63, 3.8) is 0 Å². The maximum absolute atomic E-state index is 5.56. The third-order valence-corrected chi connectivity index (χ3v) is 3.85. The van der Waals surface area contributed by atoms with Crippen LogP contribution in [-0.4, -0.2) is 32.5 Å². The SMILES string of the molecule is CCc1ccc(CNCC2COCCO2)s1. The molecule has 2 rings (SSSR count). The Hall–Kier alpha value is -0.420. The minimum Gasteiger partial charge on any atom is -0.376 e. The lowest BCUT2D eigenvalue weighted by Gasteiger charge is -2.23. The summed E-state index contributed by atoms with van der Waals surface area (Å²) in [7, 11) is 0. The maximum atomic E-state index is 5.56. The van der Waals surface area contributed by atoms with Gasteiger partial charge in [0, 0.05) is 22.8 Å². The summed E-state index contributed by atoms with van der Waals surface area (Å²) in [4.78, 5) is 2.85. The van der Waals surface area contributed by atoms with Crippen LogP contribution in [0.1, 0.15) is 16.7 Å². The highest BCUT2D eigenvalue weighted by molar-refractivity contribution is 7.11. The molecule has 1 saturated heterocycles. The van der Waals surface area contributed by atoms with Crippen LogP contribution in [0.25, 0.3) is 0 Å². The van der Waals surface area contributed by atoms with Gasteiger partial charge in [-0.25, -0.2) is 0 Å². The Kier molecular flexibility index (Phi) is 4.78. The van der Waals surface area contributed by atoms with Gasteiger partial charge in [-0.05, 0) is 18.6 Å². The van der Waals surface area contributed by atoms with Gasteiger partial charge >= 0.3 is 0 Å². The molecule has 1 fully saturated rings. The number of nitrogens with one attached hydrogen (secondary N) is 1. The summed E-state index contributed by atoms with van der Waals surface area (Å²) in [5, 5.41) is 3.41. The second kappa shape index (κ2) is 6.35. The van der Waals surface area contributed by atoms with Crippen molar-refractivity contribution < 1.29 is 9.47 Å². The van der Waals surface area contributed by atoms with Gasteiger partial charge in [-0.3, -0.25) is 0 Å². The predicted octanol–water partition coefficient (Wildman–Crippen LogP) is 1.82. The van der Waals surface area contributed by atoms with E-state index in [-0.39, 0.29) is 6.10 Å². The molecule has 1 N–H and O–H groups in total. The van der Waals surface area contributed by atoms with Crippen LogP contribution in [0.5, 0.6) is 0 Å². The molecule has 1 aromatic heterocycles. The van der Waals surface area contributed by atoms with Crippen molar-refractivity contribution in [2.45, 2.75) is 26.0 Å². The van der Waals surface area contributed by atoms with Gasteiger partial charge in [0.2, 0.25) is 0 Å². The molecule has 1 aromatic rings. The minimum absolute atomic E-state index is 0.222. The highest BCUT2D eigenvalue weighted by atomic mass is 32.1. The monoisotopic (exact) mass is 241 g/mol. The first-order valence-corrected chi connectivity index (χ1v) is 6.67. The molecule has 1 unspecified atom stereocenters. The summed E-state index contributed by atoms with van der Waals surface area (Å²) in [6.07, 6.45) is 1.35. The van der Waals surface area contributed by atoms with E-state index < -0.39 is 0 Å². The van der Waals surface area contributed by atoms with Crippen molar-refractivity contribution in [2.24, 2.45) is 0 Å². The molecule has 0 bridgehead atoms. The van der Waals surface area contributed by atoms with Crippen LogP contribution < -0.4 is 5.32 Å². The lowest BCUT2D eigenvalue weighted by molar-refractivity contribution is -0.0864. The van der Waals surface area contributed by atoms with E-state index in [9.17, 15) is 0 Å². The summed E-state index contributed by atoms with van der Waals surface area (Å²) in [6, 6.07) is 4.41. The maximum Gasteiger partial charge on any atom is 0.0933 e. The van der Waals surface area contributed by atoms with Crippen molar-refractivity contribution in [1.82, 2.24) is 5.32 Å². The quantitative estimate of drug-likeness (QED) is 0.853. The van der Waals surface area contributed by atoms with Crippen molar-refractivity contribution in [2.75, 3.05) is 26.4 Å². The summed E-state index contributed by atoms with van der Waals surface area (Å²) >= 11 is 1.88. The van der Waals surface area contributed by atoms with Crippen LogP contribution in [0.15, 0.2) is 12.1 Å². The van der Waals surface area contributed by atoms with Gasteiger partial charge in [-0.2, -0.15) is 0 Å². The molecule has 0 aromatic carbocycles. The number of hydrogen-bond donors (Lipinski definition) is 1. The van der Waals surface area contributed by atoms with Crippen LogP contribution in [0, 0.1) is 0 Å². The van der Waals surface area contributed by atoms with Gasteiger partial charge in [0.05, 0.1) is 25.9 Å². The lowest BCUT2D eigenvalue weighted by Crippen LogP contribution is -2.37. The molecular weight excluding hydrogens is 222 g/mol. The van der Waals surface area contributed by atoms with Gasteiger partial charge in [0.25, 0.3) is 0 Å². The average molecular weight is 241 g/mol. The fourth-order valence-corrected chi connectivity index (χ4v) is 2.65. The Balaban J connectivity index is 1.66. The highest BCUT2D eigenvalue weighted by Crippen LogP contribution is 2.16. The Labute approximate surface area is 101 Å². The minimum atomic E-state index is 0.222. The average Bonchev–Trinajstić information content (AvgIpc) is 2.78. The molecule has 0 spiro atoms. The summed E-state index contributed by atoms with van der Waals surface area (Å²) in [5.74, 6) is 0. The van der Waals surface area contributed by atoms with E-state index in [1.807, 2.05) is 11.3 Å². The zero-order valence-corrected chi connectivity index (χ0v) is 10.5. The first-order chi connectivity index (χ1) is 7.88. The Morgan fingerprint density at radius 3 is 2.94 bits per heavy atom. The molecule has 1 aliphatic heterocycles. The van der Waals surface area contributed by atoms with Crippen LogP contribution in [0.3, 0.4) is 0 Å². The molecule has 0 aliphatic carbocycles. The number of aryl methyl sites for hydroxylation is 1. The molecule has 1 aliphatic rings. The second-order valence-electron chi connectivity index (χ2n) is 3.92. The Bertz CT molecular complexity index is 308. The molecule has 1 atom stereocenters. The van der Waals surface area contributed by atoms with Gasteiger partial charge < -0.3 is 14.8 Å². The van der Waals surface area contributed by atoms with E-state index in [0.29, 0.717) is 0 Å². The molecule has 0 radical (unpaired) electrons. The molecule has 0 saturated carbocycles. The van der Waals surface area contributed by atoms with E-state index in [1.54, 1.807) is 0 Å². The number of rotatable bonds is 5. The van der Waals surface area contributed by atoms with Crippen molar-refractivity contribution >= 4 is 11.3 Å². The molecule has 16 heavy (non-hydrogen) atoms. The third-order valence-electron chi connectivity index (χ3n) is 2.62. The number of ether oxygens (including phenoxy) is 2. The molecular formula is C12H19NO2S. The zero-order chi connectivity index (χ0) is 11.2. The first-order valence-electron chi connectivity index (χ1n) is 5.86. The molecule has 0 amide bonds. The fraction of sp³-hybridized carbons (Fsp3) is 0.667. The van der Waals surface area contributed by atoms with Crippen LogP contribution >= 0.6 is 11.3 Å². The summed E-state index contributed by atoms with van der Waals surface area (Å²) in [5.41, 5.74) is 0. The van der Waals surface area contributed by atoms with Crippen LogP contribution in [-0.2, 0) is 22.4 Å². The van der Waals surface area contributed by atoms with E-state index in [0.717, 1.165) is 39.3 Å².